The van der Waals surface area contributed by atoms with Crippen LogP contribution in [0.25, 0.3) is 0 Å². The first-order chi connectivity index (χ1) is 6.74. The summed E-state index contributed by atoms with van der Waals surface area (Å²) in [5.41, 5.74) is 1.32. The molecule has 1 heterocycles. The molecule has 0 atom stereocenters. The van der Waals surface area contributed by atoms with Crippen molar-refractivity contribution < 1.29 is 4.74 Å². The van der Waals surface area contributed by atoms with Crippen molar-refractivity contribution in [1.29, 1.82) is 0 Å². The van der Waals surface area contributed by atoms with Crippen molar-refractivity contribution in [3.63, 3.8) is 0 Å². The van der Waals surface area contributed by atoms with E-state index in [9.17, 15) is 0 Å². The van der Waals surface area contributed by atoms with Gasteiger partial charge in [-0.2, -0.15) is 0 Å². The topological polar surface area (TPSA) is 21.3 Å². The van der Waals surface area contributed by atoms with Crippen LogP contribution in [0.5, 0.6) is 0 Å². The lowest BCUT2D eigenvalue weighted by Crippen LogP contribution is -2.15. The van der Waals surface area contributed by atoms with Crippen LogP contribution in [-0.2, 0) is 11.3 Å². The summed E-state index contributed by atoms with van der Waals surface area (Å²) >= 11 is 5.32. The number of aryl methyl sites for hydroxylation is 1. The highest BCUT2D eigenvalue weighted by Gasteiger charge is 2.01. The minimum Gasteiger partial charge on any atom is -0.385 e. The molecule has 0 fully saturated rings. The fourth-order valence-corrected chi connectivity index (χ4v) is 2.76. The van der Waals surface area contributed by atoms with Crippen LogP contribution in [0.1, 0.15) is 16.9 Å². The molecule has 0 aliphatic heterocycles. The Balaban J connectivity index is 2.18. The molecule has 0 saturated carbocycles. The Labute approximate surface area is 97.8 Å². The highest BCUT2D eigenvalue weighted by molar-refractivity contribution is 9.11. The number of ether oxygens (including phenoxy) is 1. The van der Waals surface area contributed by atoms with E-state index in [1.807, 2.05) is 0 Å². The lowest BCUT2D eigenvalue weighted by molar-refractivity contribution is 0.194. The normalized spacial score (nSPS) is 10.8. The van der Waals surface area contributed by atoms with Crippen molar-refractivity contribution in [3.8, 4) is 0 Å². The second kappa shape index (κ2) is 6.56. The minimum absolute atomic E-state index is 0.833. The van der Waals surface area contributed by atoms with Gasteiger partial charge in [0.25, 0.3) is 0 Å². The molecule has 14 heavy (non-hydrogen) atoms. The van der Waals surface area contributed by atoms with Crippen LogP contribution >= 0.6 is 27.3 Å². The zero-order chi connectivity index (χ0) is 10.4. The summed E-state index contributed by atoms with van der Waals surface area (Å²) in [4.78, 5) is 1.38. The summed E-state index contributed by atoms with van der Waals surface area (Å²) < 4.78 is 6.21. The molecule has 1 aromatic rings. The molecule has 1 aromatic heterocycles. The van der Waals surface area contributed by atoms with E-state index in [2.05, 4.69) is 34.2 Å². The molecule has 0 aromatic carbocycles. The second-order valence-corrected chi connectivity index (χ2v) is 5.65. The SMILES string of the molecule is COCCCNCc1cc(C)c(Br)s1. The van der Waals surface area contributed by atoms with Crippen LogP contribution in [0.3, 0.4) is 0 Å². The van der Waals surface area contributed by atoms with E-state index in [4.69, 9.17) is 4.74 Å². The third-order valence-corrected chi connectivity index (χ3v) is 4.05. The monoisotopic (exact) mass is 277 g/mol. The van der Waals surface area contributed by atoms with Crippen LogP contribution in [0, 0.1) is 6.92 Å². The number of thiophene rings is 1. The maximum atomic E-state index is 4.97. The highest BCUT2D eigenvalue weighted by atomic mass is 79.9. The van der Waals surface area contributed by atoms with Crippen molar-refractivity contribution >= 4 is 27.3 Å². The fraction of sp³-hybridized carbons (Fsp3) is 0.600. The molecule has 0 aliphatic rings. The van der Waals surface area contributed by atoms with Gasteiger partial charge in [0.1, 0.15) is 0 Å². The van der Waals surface area contributed by atoms with Crippen LogP contribution in [-0.4, -0.2) is 20.3 Å². The maximum absolute atomic E-state index is 4.97. The average molecular weight is 278 g/mol. The van der Waals surface area contributed by atoms with Crippen LogP contribution in [0.15, 0.2) is 9.85 Å². The lowest BCUT2D eigenvalue weighted by Gasteiger charge is -2.01. The van der Waals surface area contributed by atoms with Gasteiger partial charge in [-0.25, -0.2) is 0 Å². The molecule has 0 unspecified atom stereocenters. The van der Waals surface area contributed by atoms with Gasteiger partial charge in [0.15, 0.2) is 0 Å². The number of methoxy groups -OCH3 is 1. The largest absolute Gasteiger partial charge is 0.385 e. The number of nitrogens with one attached hydrogen (secondary N) is 1. The number of rotatable bonds is 6. The van der Waals surface area contributed by atoms with Crippen molar-refractivity contribution in [2.24, 2.45) is 0 Å². The average Bonchev–Trinajstić information content (AvgIpc) is 2.46. The van der Waals surface area contributed by atoms with Crippen molar-refractivity contribution in [2.45, 2.75) is 19.9 Å². The minimum atomic E-state index is 0.833. The molecule has 0 spiro atoms. The Morgan fingerprint density at radius 1 is 1.57 bits per heavy atom. The van der Waals surface area contributed by atoms with E-state index >= 15 is 0 Å². The first-order valence-electron chi connectivity index (χ1n) is 4.68. The van der Waals surface area contributed by atoms with Gasteiger partial charge in [-0.1, -0.05) is 0 Å². The Kier molecular flexibility index (Phi) is 5.70. The molecule has 2 nitrogen and oxygen atoms in total. The summed E-state index contributed by atoms with van der Waals surface area (Å²) in [5, 5.41) is 3.39. The van der Waals surface area contributed by atoms with Gasteiger partial charge < -0.3 is 10.1 Å². The first-order valence-corrected chi connectivity index (χ1v) is 6.29. The van der Waals surface area contributed by atoms with Gasteiger partial charge in [-0.3, -0.25) is 0 Å². The number of hydrogen-bond acceptors (Lipinski definition) is 3. The molecule has 0 bridgehead atoms. The van der Waals surface area contributed by atoms with Gasteiger partial charge in [0.05, 0.1) is 3.79 Å². The molecule has 1 N–H and O–H groups in total. The highest BCUT2D eigenvalue weighted by Crippen LogP contribution is 2.26. The predicted molar refractivity (Wildman–Crippen MR) is 65.0 cm³/mol. The van der Waals surface area contributed by atoms with Gasteiger partial charge in [0.2, 0.25) is 0 Å². The Bertz CT molecular complexity index is 256. The summed E-state index contributed by atoms with van der Waals surface area (Å²) in [6.45, 7) is 4.93. The fourth-order valence-electron chi connectivity index (χ4n) is 1.16. The molecular formula is C10H16BrNOS. The van der Waals surface area contributed by atoms with E-state index in [-0.39, 0.29) is 0 Å². The zero-order valence-electron chi connectivity index (χ0n) is 8.60. The maximum Gasteiger partial charge on any atom is 0.0730 e. The third-order valence-electron chi connectivity index (χ3n) is 1.91. The molecule has 1 rings (SSSR count). The van der Waals surface area contributed by atoms with E-state index in [1.54, 1.807) is 18.4 Å². The predicted octanol–water partition coefficient (Wildman–Crippen LogP) is 2.95. The van der Waals surface area contributed by atoms with E-state index in [0.29, 0.717) is 0 Å². The van der Waals surface area contributed by atoms with E-state index in [1.165, 1.54) is 14.2 Å². The molecule has 4 heteroatoms. The van der Waals surface area contributed by atoms with Gasteiger partial charge >= 0.3 is 0 Å². The Hall–Kier alpha value is 0.1000. The van der Waals surface area contributed by atoms with Gasteiger partial charge in [0, 0.05) is 25.1 Å². The molecule has 0 amide bonds. The Morgan fingerprint density at radius 2 is 2.36 bits per heavy atom. The van der Waals surface area contributed by atoms with E-state index < -0.39 is 0 Å². The van der Waals surface area contributed by atoms with Crippen molar-refractivity contribution in [1.82, 2.24) is 5.32 Å². The van der Waals surface area contributed by atoms with Gasteiger partial charge in [-0.05, 0) is 47.4 Å². The molecule has 0 saturated heterocycles. The zero-order valence-corrected chi connectivity index (χ0v) is 11.0. The molecule has 0 radical (unpaired) electrons. The number of halogens is 1. The van der Waals surface area contributed by atoms with E-state index in [0.717, 1.165) is 26.1 Å². The molecule has 80 valence electrons. The smallest absolute Gasteiger partial charge is 0.0730 e. The Morgan fingerprint density at radius 3 is 2.93 bits per heavy atom. The number of hydrogen-bond donors (Lipinski definition) is 1. The summed E-state index contributed by atoms with van der Waals surface area (Å²) in [6.07, 6.45) is 1.07. The summed E-state index contributed by atoms with van der Waals surface area (Å²) in [5.74, 6) is 0. The summed E-state index contributed by atoms with van der Waals surface area (Å²) in [7, 11) is 1.74. The second-order valence-electron chi connectivity index (χ2n) is 3.19. The molecule has 0 aliphatic carbocycles. The van der Waals surface area contributed by atoms with Crippen LogP contribution < -0.4 is 5.32 Å². The third kappa shape index (κ3) is 4.09. The van der Waals surface area contributed by atoms with Crippen LogP contribution in [0.2, 0.25) is 0 Å². The summed E-state index contributed by atoms with van der Waals surface area (Å²) in [6, 6.07) is 2.22. The van der Waals surface area contributed by atoms with Gasteiger partial charge in [-0.15, -0.1) is 11.3 Å². The lowest BCUT2D eigenvalue weighted by atomic mass is 10.3. The van der Waals surface area contributed by atoms with Crippen molar-refractivity contribution in [2.75, 3.05) is 20.3 Å². The standard InChI is InChI=1S/C10H16BrNOS/c1-8-6-9(14-10(8)11)7-12-4-3-5-13-2/h6,12H,3-5,7H2,1-2H3. The first kappa shape index (κ1) is 12.2. The van der Waals surface area contributed by atoms with Crippen LogP contribution in [0.4, 0.5) is 0 Å². The van der Waals surface area contributed by atoms with Crippen molar-refractivity contribution in [3.05, 3.63) is 20.3 Å². The quantitative estimate of drug-likeness (QED) is 0.808. The molecular weight excluding hydrogens is 262 g/mol.